The number of hydrogen-bond donors (Lipinski definition) is 1. The van der Waals surface area contributed by atoms with Crippen molar-refractivity contribution in [1.29, 1.82) is 0 Å². The van der Waals surface area contributed by atoms with E-state index >= 15 is 0 Å². The fraction of sp³-hybridized carbons (Fsp3) is 0.125. The monoisotopic (exact) mass is 629 g/mol. The van der Waals surface area contributed by atoms with Gasteiger partial charge in [0.25, 0.3) is 5.78 Å². The third-order valence-corrected chi connectivity index (χ3v) is 9.42. The number of furan rings is 1. The molecule has 5 aromatic rings. The predicted molar refractivity (Wildman–Crippen MR) is 166 cm³/mol. The highest BCUT2D eigenvalue weighted by atomic mass is 35.5. The number of Topliss-reactive ketones (excluding diaryl/α,β-unsaturated/α-hetero) is 1. The molecule has 8 nitrogen and oxygen atoms in total. The highest BCUT2D eigenvalue weighted by molar-refractivity contribution is 8.00. The number of anilines is 1. The molecule has 1 atom stereocenters. The maximum atomic E-state index is 13.4. The number of carbonyl (C=O) groups excluding carboxylic acids is 2. The average Bonchev–Trinajstić information content (AvgIpc) is 3.77. The number of amides is 1. The number of benzene rings is 3. The van der Waals surface area contributed by atoms with Gasteiger partial charge in [0.1, 0.15) is 29.9 Å². The van der Waals surface area contributed by atoms with Crippen molar-refractivity contribution < 1.29 is 23.8 Å². The minimum Gasteiger partial charge on any atom is -0.507 e. The van der Waals surface area contributed by atoms with Crippen LogP contribution in [0.15, 0.2) is 106 Å². The van der Waals surface area contributed by atoms with Gasteiger partial charge in [-0.3, -0.25) is 14.5 Å². The van der Waals surface area contributed by atoms with E-state index in [0.29, 0.717) is 38.8 Å². The maximum Gasteiger partial charge on any atom is 0.302 e. The molecule has 1 N–H and O–H groups in total. The summed E-state index contributed by atoms with van der Waals surface area (Å²) in [6.45, 7) is 2.41. The molecule has 1 aliphatic rings. The van der Waals surface area contributed by atoms with Crippen LogP contribution in [0.2, 0.25) is 5.02 Å². The van der Waals surface area contributed by atoms with E-state index in [1.807, 2.05) is 55.5 Å². The number of aliphatic hydroxyl groups is 1. The van der Waals surface area contributed by atoms with Crippen molar-refractivity contribution in [3.63, 3.8) is 0 Å². The van der Waals surface area contributed by atoms with E-state index in [0.717, 1.165) is 16.7 Å². The second kappa shape index (κ2) is 12.5. The van der Waals surface area contributed by atoms with Gasteiger partial charge < -0.3 is 14.3 Å². The number of aryl methyl sites for hydroxylation is 1. The molecule has 1 aliphatic heterocycles. The molecule has 1 amide bonds. The van der Waals surface area contributed by atoms with Crippen LogP contribution >= 0.6 is 34.7 Å². The molecule has 1 saturated heterocycles. The summed E-state index contributed by atoms with van der Waals surface area (Å²) >= 11 is 8.86. The lowest BCUT2D eigenvalue weighted by Gasteiger charge is -2.20. The van der Waals surface area contributed by atoms with Gasteiger partial charge in [0, 0.05) is 16.3 Å². The van der Waals surface area contributed by atoms with Crippen molar-refractivity contribution in [2.24, 2.45) is 0 Å². The summed E-state index contributed by atoms with van der Waals surface area (Å²) in [6.07, 6.45) is 1.45. The number of nitrogens with zero attached hydrogens (tertiary/aromatic N) is 3. The summed E-state index contributed by atoms with van der Waals surface area (Å²) < 4.78 is 12.1. The Morgan fingerprint density at radius 1 is 1.00 bits per heavy atom. The van der Waals surface area contributed by atoms with E-state index in [1.165, 1.54) is 34.3 Å². The minimum atomic E-state index is -1.03. The number of hydrogen-bond acceptors (Lipinski definition) is 9. The van der Waals surface area contributed by atoms with Gasteiger partial charge in [-0.1, -0.05) is 77.2 Å². The first-order valence-electron chi connectivity index (χ1n) is 13.2. The molecule has 0 bridgehead atoms. The van der Waals surface area contributed by atoms with Crippen LogP contribution in [0.5, 0.6) is 5.75 Å². The summed E-state index contributed by atoms with van der Waals surface area (Å²) in [5.41, 5.74) is 3.38. The van der Waals surface area contributed by atoms with Gasteiger partial charge in [0.15, 0.2) is 4.34 Å². The number of rotatable bonds is 9. The molecule has 3 aromatic carbocycles. The molecule has 0 saturated carbocycles. The second-order valence-electron chi connectivity index (χ2n) is 9.65. The topological polar surface area (TPSA) is 106 Å². The Morgan fingerprint density at radius 3 is 2.47 bits per heavy atom. The number of ether oxygens (including phenoxy) is 1. The van der Waals surface area contributed by atoms with Crippen LogP contribution in [0.4, 0.5) is 5.13 Å². The Morgan fingerprint density at radius 2 is 1.74 bits per heavy atom. The van der Waals surface area contributed by atoms with Crippen LogP contribution in [-0.2, 0) is 21.9 Å². The van der Waals surface area contributed by atoms with Crippen molar-refractivity contribution in [3.05, 3.63) is 130 Å². The number of thioether (sulfide) groups is 1. The normalized spacial score (nSPS) is 16.1. The van der Waals surface area contributed by atoms with Crippen molar-refractivity contribution in [2.75, 3.05) is 4.90 Å². The van der Waals surface area contributed by atoms with Gasteiger partial charge in [0.05, 0.1) is 11.8 Å². The Balaban J connectivity index is 1.27. The first-order chi connectivity index (χ1) is 20.9. The molecule has 1 fully saturated rings. The summed E-state index contributed by atoms with van der Waals surface area (Å²) in [6, 6.07) is 24.4. The van der Waals surface area contributed by atoms with Crippen molar-refractivity contribution >= 4 is 57.3 Å². The summed E-state index contributed by atoms with van der Waals surface area (Å²) in [7, 11) is 0. The van der Waals surface area contributed by atoms with Gasteiger partial charge >= 0.3 is 5.91 Å². The van der Waals surface area contributed by atoms with Crippen LogP contribution in [0.25, 0.3) is 5.76 Å². The molecule has 3 heterocycles. The van der Waals surface area contributed by atoms with Crippen LogP contribution < -0.4 is 9.64 Å². The molecule has 216 valence electrons. The maximum absolute atomic E-state index is 13.4. The van der Waals surface area contributed by atoms with E-state index in [1.54, 1.807) is 36.4 Å². The Labute approximate surface area is 260 Å². The van der Waals surface area contributed by atoms with E-state index in [-0.39, 0.29) is 16.5 Å². The molecule has 0 spiro atoms. The molecule has 1 unspecified atom stereocenters. The van der Waals surface area contributed by atoms with E-state index < -0.39 is 17.7 Å². The first kappa shape index (κ1) is 28.7. The molecular formula is C32H24ClN3O5S2. The lowest BCUT2D eigenvalue weighted by Crippen LogP contribution is -2.29. The lowest BCUT2D eigenvalue weighted by molar-refractivity contribution is -0.132. The molecule has 6 rings (SSSR count). The smallest absolute Gasteiger partial charge is 0.302 e. The average molecular weight is 630 g/mol. The number of halogens is 1. The minimum absolute atomic E-state index is 0.103. The highest BCUT2D eigenvalue weighted by Crippen LogP contribution is 2.44. The fourth-order valence-electron chi connectivity index (χ4n) is 4.66. The summed E-state index contributed by atoms with van der Waals surface area (Å²) in [4.78, 5) is 28.0. The van der Waals surface area contributed by atoms with E-state index in [2.05, 4.69) is 10.2 Å². The lowest BCUT2D eigenvalue weighted by atomic mass is 9.99. The first-order valence-corrected chi connectivity index (χ1v) is 15.4. The van der Waals surface area contributed by atoms with Crippen LogP contribution in [0.1, 0.15) is 34.1 Å². The Kier molecular flexibility index (Phi) is 8.33. The van der Waals surface area contributed by atoms with Crippen molar-refractivity contribution in [1.82, 2.24) is 10.2 Å². The zero-order valence-electron chi connectivity index (χ0n) is 22.8. The molecule has 43 heavy (non-hydrogen) atoms. The van der Waals surface area contributed by atoms with E-state index in [9.17, 15) is 14.7 Å². The second-order valence-corrected chi connectivity index (χ2v) is 12.2. The van der Waals surface area contributed by atoms with Gasteiger partial charge in [0.2, 0.25) is 5.13 Å². The van der Waals surface area contributed by atoms with Crippen LogP contribution in [0, 0.1) is 6.92 Å². The summed E-state index contributed by atoms with van der Waals surface area (Å²) in [5, 5.41) is 20.7. The highest BCUT2D eigenvalue weighted by Gasteiger charge is 2.49. The van der Waals surface area contributed by atoms with Crippen molar-refractivity contribution in [2.45, 2.75) is 29.7 Å². The SMILES string of the molecule is Cc1ccccc1COc1ccc(C(O)=C2C(=O)C(=O)N(c3nnc(SCc4ccccc4Cl)s3)C2c2ccco2)cc1. The third kappa shape index (κ3) is 5.94. The molecular weight excluding hydrogens is 606 g/mol. The number of ketones is 1. The van der Waals surface area contributed by atoms with Crippen molar-refractivity contribution in [3.8, 4) is 5.75 Å². The number of aliphatic hydroxyl groups excluding tert-OH is 1. The van der Waals surface area contributed by atoms with Gasteiger partial charge in [-0.25, -0.2) is 0 Å². The number of carbonyl (C=O) groups is 2. The predicted octanol–water partition coefficient (Wildman–Crippen LogP) is 7.59. The van der Waals surface area contributed by atoms with Gasteiger partial charge in [-0.05, 0) is 66.1 Å². The van der Waals surface area contributed by atoms with Gasteiger partial charge in [-0.15, -0.1) is 10.2 Å². The number of aromatic nitrogens is 2. The van der Waals surface area contributed by atoms with Crippen LogP contribution in [0.3, 0.4) is 0 Å². The fourth-order valence-corrected chi connectivity index (χ4v) is 6.81. The molecule has 11 heteroatoms. The largest absolute Gasteiger partial charge is 0.507 e. The third-order valence-electron chi connectivity index (χ3n) is 6.95. The Bertz CT molecular complexity index is 1820. The molecule has 0 radical (unpaired) electrons. The quantitative estimate of drug-likeness (QED) is 0.0584. The standard InChI is InChI=1S/C32H24ClN3O5S2/c1-19-7-2-3-8-21(19)17-41-23-14-12-20(13-15-23)28(37)26-27(25-11-6-16-40-25)36(30(39)29(26)38)31-34-35-32(43-31)42-18-22-9-4-5-10-24(22)33/h2-16,27,37H,17-18H2,1H3. The molecule has 2 aromatic heterocycles. The Hall–Kier alpha value is -4.38. The zero-order chi connectivity index (χ0) is 29.9. The van der Waals surface area contributed by atoms with E-state index in [4.69, 9.17) is 20.8 Å². The summed E-state index contributed by atoms with van der Waals surface area (Å²) in [5.74, 6) is -0.554. The molecule has 0 aliphatic carbocycles. The van der Waals surface area contributed by atoms with Crippen LogP contribution in [-0.4, -0.2) is 27.0 Å². The zero-order valence-corrected chi connectivity index (χ0v) is 25.2. The van der Waals surface area contributed by atoms with Gasteiger partial charge in [-0.2, -0.15) is 0 Å².